The van der Waals surface area contributed by atoms with Gasteiger partial charge in [-0.1, -0.05) is 69.6 Å². The fraction of sp³-hybridized carbons (Fsp3) is 0.613. The van der Waals surface area contributed by atoms with E-state index in [2.05, 4.69) is 26.4 Å². The second kappa shape index (κ2) is 13.1. The quantitative estimate of drug-likeness (QED) is 0.286. The normalized spacial score (nSPS) is 22.7. The van der Waals surface area contributed by atoms with E-state index < -0.39 is 58.7 Å². The molecule has 4 rings (SSSR count). The lowest BCUT2D eigenvalue weighted by Crippen LogP contribution is -2.60. The van der Waals surface area contributed by atoms with Gasteiger partial charge in [-0.25, -0.2) is 4.79 Å². The lowest BCUT2D eigenvalue weighted by Gasteiger charge is -2.35. The minimum absolute atomic E-state index is 0.00213. The van der Waals surface area contributed by atoms with E-state index in [1.807, 2.05) is 58.0 Å². The summed E-state index contributed by atoms with van der Waals surface area (Å²) in [5.41, 5.74) is -0.0727. The SMILES string of the molecule is CCC[C@@H](NC(=O)[C@H]1C[C@]2(CC(c3ccccc3)=NO2)CN1C(=O)[C@@H](NC(=O)NCC)C(C)(C)C)C(=O)C(=O)NC1CC1. The first-order chi connectivity index (χ1) is 20.4. The van der Waals surface area contributed by atoms with E-state index >= 15 is 0 Å². The van der Waals surface area contributed by atoms with Gasteiger partial charge in [0.1, 0.15) is 12.1 Å². The van der Waals surface area contributed by atoms with Crippen LogP contribution < -0.4 is 21.3 Å². The van der Waals surface area contributed by atoms with Crippen LogP contribution in [-0.4, -0.2) is 83.0 Å². The van der Waals surface area contributed by atoms with Crippen LogP contribution in [-0.2, 0) is 24.0 Å². The number of oxime groups is 1. The fourth-order valence-electron chi connectivity index (χ4n) is 5.54. The number of rotatable bonds is 11. The van der Waals surface area contributed by atoms with Gasteiger partial charge in [0.15, 0.2) is 5.60 Å². The minimum Gasteiger partial charge on any atom is -0.387 e. The first-order valence-electron chi connectivity index (χ1n) is 15.2. The van der Waals surface area contributed by atoms with Gasteiger partial charge in [0.25, 0.3) is 5.91 Å². The van der Waals surface area contributed by atoms with Crippen molar-refractivity contribution in [3.05, 3.63) is 35.9 Å². The molecule has 4 N–H and O–H groups in total. The Kier molecular flexibility index (Phi) is 9.76. The zero-order chi connectivity index (χ0) is 31.4. The molecule has 2 heterocycles. The summed E-state index contributed by atoms with van der Waals surface area (Å²) in [6, 6.07) is 6.04. The van der Waals surface area contributed by atoms with Gasteiger partial charge in [-0.3, -0.25) is 19.2 Å². The molecule has 0 radical (unpaired) electrons. The molecule has 2 aliphatic heterocycles. The van der Waals surface area contributed by atoms with Crippen molar-refractivity contribution in [1.82, 2.24) is 26.2 Å². The zero-order valence-corrected chi connectivity index (χ0v) is 25.7. The van der Waals surface area contributed by atoms with Gasteiger partial charge in [-0.2, -0.15) is 0 Å². The van der Waals surface area contributed by atoms with Gasteiger partial charge in [0, 0.05) is 25.4 Å². The van der Waals surface area contributed by atoms with E-state index in [0.717, 1.165) is 18.4 Å². The summed E-state index contributed by atoms with van der Waals surface area (Å²) in [5, 5.41) is 15.2. The molecule has 1 saturated heterocycles. The number of carbonyl (C=O) groups excluding carboxylic acids is 5. The Morgan fingerprint density at radius 1 is 1.07 bits per heavy atom. The standard InChI is InChI=1S/C31H44N6O6/c1-6-11-21(24(38)27(40)33-20-14-15-20)34-26(39)23-17-31(16-22(36-43-31)19-12-9-8-10-13-19)18-37(23)28(41)25(30(3,4)5)35-29(42)32-7-2/h8-10,12-13,20-21,23,25H,6-7,11,14-18H2,1-5H3,(H,33,40)(H,34,39)(H2,32,35,42)/t21-,23-,25-,31-/m1/s1. The molecule has 2 fully saturated rings. The highest BCUT2D eigenvalue weighted by atomic mass is 16.7. The predicted molar refractivity (Wildman–Crippen MR) is 160 cm³/mol. The maximum atomic E-state index is 14.2. The van der Waals surface area contributed by atoms with Gasteiger partial charge < -0.3 is 31.0 Å². The largest absolute Gasteiger partial charge is 0.387 e. The Morgan fingerprint density at radius 2 is 1.77 bits per heavy atom. The van der Waals surface area contributed by atoms with E-state index in [0.29, 0.717) is 25.1 Å². The van der Waals surface area contributed by atoms with Crippen LogP contribution in [0.4, 0.5) is 4.79 Å². The van der Waals surface area contributed by atoms with Gasteiger partial charge in [0.2, 0.25) is 17.6 Å². The molecule has 12 nitrogen and oxygen atoms in total. The van der Waals surface area contributed by atoms with Crippen molar-refractivity contribution < 1.29 is 28.8 Å². The van der Waals surface area contributed by atoms with Crippen LogP contribution in [0, 0.1) is 5.41 Å². The number of hydrogen-bond donors (Lipinski definition) is 4. The molecule has 1 saturated carbocycles. The van der Waals surface area contributed by atoms with Crippen molar-refractivity contribution in [2.75, 3.05) is 13.1 Å². The molecular weight excluding hydrogens is 552 g/mol. The summed E-state index contributed by atoms with van der Waals surface area (Å²) in [7, 11) is 0. The van der Waals surface area contributed by atoms with Crippen molar-refractivity contribution >= 4 is 35.2 Å². The van der Waals surface area contributed by atoms with Crippen LogP contribution >= 0.6 is 0 Å². The van der Waals surface area contributed by atoms with Crippen molar-refractivity contribution in [3.63, 3.8) is 0 Å². The van der Waals surface area contributed by atoms with Crippen LogP contribution in [0.2, 0.25) is 0 Å². The molecule has 1 spiro atoms. The smallest absolute Gasteiger partial charge is 0.315 e. The first kappa shape index (κ1) is 32.0. The van der Waals surface area contributed by atoms with Crippen LogP contribution in [0.5, 0.6) is 0 Å². The van der Waals surface area contributed by atoms with Crippen molar-refractivity contribution in [3.8, 4) is 0 Å². The molecule has 12 heteroatoms. The third kappa shape index (κ3) is 7.71. The highest BCUT2D eigenvalue weighted by Gasteiger charge is 2.55. The molecule has 1 aliphatic carbocycles. The van der Waals surface area contributed by atoms with Crippen LogP contribution in [0.3, 0.4) is 0 Å². The number of hydrogen-bond acceptors (Lipinski definition) is 7. The third-order valence-corrected chi connectivity index (χ3v) is 8.00. The molecule has 5 amide bonds. The lowest BCUT2D eigenvalue weighted by molar-refractivity contribution is -0.144. The van der Waals surface area contributed by atoms with Gasteiger partial charge in [-0.15, -0.1) is 0 Å². The summed E-state index contributed by atoms with van der Waals surface area (Å²) in [6.45, 7) is 9.57. The summed E-state index contributed by atoms with van der Waals surface area (Å²) in [4.78, 5) is 73.6. The summed E-state index contributed by atoms with van der Waals surface area (Å²) < 4.78 is 0. The molecule has 0 aromatic heterocycles. The number of amides is 5. The Morgan fingerprint density at radius 3 is 2.37 bits per heavy atom. The highest BCUT2D eigenvalue weighted by molar-refractivity contribution is 6.38. The summed E-state index contributed by atoms with van der Waals surface area (Å²) in [5.74, 6) is -2.42. The predicted octanol–water partition coefficient (Wildman–Crippen LogP) is 2.02. The average molecular weight is 597 g/mol. The molecule has 3 aliphatic rings. The average Bonchev–Trinajstić information content (AvgIpc) is 3.56. The highest BCUT2D eigenvalue weighted by Crippen LogP contribution is 2.40. The lowest BCUT2D eigenvalue weighted by atomic mass is 9.85. The molecule has 43 heavy (non-hydrogen) atoms. The van der Waals surface area contributed by atoms with Crippen molar-refractivity contribution in [2.45, 2.75) is 103 Å². The minimum atomic E-state index is -1.03. The number of likely N-dealkylation sites (tertiary alicyclic amines) is 1. The number of urea groups is 1. The zero-order valence-electron chi connectivity index (χ0n) is 25.7. The van der Waals surface area contributed by atoms with Crippen LogP contribution in [0.1, 0.15) is 78.7 Å². The maximum Gasteiger partial charge on any atom is 0.315 e. The molecule has 0 unspecified atom stereocenters. The molecule has 1 aromatic rings. The second-order valence-corrected chi connectivity index (χ2v) is 12.8. The molecule has 234 valence electrons. The Hall–Kier alpha value is -3.96. The molecule has 0 bridgehead atoms. The van der Waals surface area contributed by atoms with Crippen molar-refractivity contribution in [1.29, 1.82) is 0 Å². The summed E-state index contributed by atoms with van der Waals surface area (Å²) in [6.07, 6.45) is 2.99. The Balaban J connectivity index is 1.60. The van der Waals surface area contributed by atoms with E-state index in [9.17, 15) is 24.0 Å². The van der Waals surface area contributed by atoms with Crippen LogP contribution in [0.15, 0.2) is 35.5 Å². The van der Waals surface area contributed by atoms with E-state index in [4.69, 9.17) is 4.84 Å². The molecular formula is C31H44N6O6. The monoisotopic (exact) mass is 596 g/mol. The topological polar surface area (TPSA) is 158 Å². The van der Waals surface area contributed by atoms with Crippen molar-refractivity contribution in [2.24, 2.45) is 10.6 Å². The number of ketones is 1. The summed E-state index contributed by atoms with van der Waals surface area (Å²) >= 11 is 0. The number of benzene rings is 1. The van der Waals surface area contributed by atoms with Gasteiger partial charge >= 0.3 is 6.03 Å². The molecule has 1 aromatic carbocycles. The number of carbonyl (C=O) groups is 5. The third-order valence-electron chi connectivity index (χ3n) is 8.00. The van der Waals surface area contributed by atoms with Crippen LogP contribution in [0.25, 0.3) is 0 Å². The first-order valence-corrected chi connectivity index (χ1v) is 15.2. The number of Topliss-reactive ketones (excluding diaryl/α,β-unsaturated/α-hetero) is 1. The second-order valence-electron chi connectivity index (χ2n) is 12.8. The Bertz CT molecular complexity index is 1260. The van der Waals surface area contributed by atoms with E-state index in [1.165, 1.54) is 4.90 Å². The molecule has 4 atom stereocenters. The fourth-order valence-corrected chi connectivity index (χ4v) is 5.54. The van der Waals surface area contributed by atoms with Gasteiger partial charge in [0.05, 0.1) is 18.3 Å². The Labute approximate surface area is 252 Å². The number of nitrogens with one attached hydrogen (secondary N) is 4. The number of nitrogens with zero attached hydrogens (tertiary/aromatic N) is 2. The van der Waals surface area contributed by atoms with Gasteiger partial charge in [-0.05, 0) is 37.2 Å². The van der Waals surface area contributed by atoms with E-state index in [1.54, 1.807) is 6.92 Å². The maximum absolute atomic E-state index is 14.2. The van der Waals surface area contributed by atoms with E-state index in [-0.39, 0.29) is 25.4 Å².